The number of nitro groups is 1. The molecule has 0 heterocycles. The zero-order chi connectivity index (χ0) is 15.6. The number of nitrogens with zero attached hydrogens (tertiary/aromatic N) is 2. The molecule has 1 aromatic rings. The van der Waals surface area contributed by atoms with Crippen molar-refractivity contribution in [3.8, 4) is 0 Å². The van der Waals surface area contributed by atoms with Gasteiger partial charge in [-0.05, 0) is 25.0 Å². The van der Waals surface area contributed by atoms with Crippen LogP contribution in [0.2, 0.25) is 5.02 Å². The number of hydrogen-bond acceptors (Lipinski definition) is 4. The molecule has 0 aliphatic heterocycles. The quantitative estimate of drug-likeness (QED) is 0.641. The van der Waals surface area contributed by atoms with E-state index >= 15 is 0 Å². The molecule has 112 valence electrons. The third-order valence-electron chi connectivity index (χ3n) is 3.21. The van der Waals surface area contributed by atoms with Gasteiger partial charge in [0.1, 0.15) is 10.6 Å². The summed E-state index contributed by atoms with van der Waals surface area (Å²) in [5.41, 5.74) is -0.546. The lowest BCUT2D eigenvalue weighted by molar-refractivity contribution is -0.385. The van der Waals surface area contributed by atoms with Crippen molar-refractivity contribution in [2.24, 2.45) is 0 Å². The number of halogens is 1. The second kappa shape index (κ2) is 6.09. The molecule has 1 saturated carbocycles. The van der Waals surface area contributed by atoms with Gasteiger partial charge in [-0.1, -0.05) is 17.7 Å². The summed E-state index contributed by atoms with van der Waals surface area (Å²) in [4.78, 5) is 34.9. The smallest absolute Gasteiger partial charge is 0.305 e. The molecular weight excluding hydrogens is 300 g/mol. The topological polar surface area (TPSA) is 101 Å². The number of carbonyl (C=O) groups is 2. The fourth-order valence-corrected chi connectivity index (χ4v) is 2.32. The summed E-state index contributed by atoms with van der Waals surface area (Å²) in [7, 11) is 0. The van der Waals surface area contributed by atoms with Crippen LogP contribution in [0.1, 0.15) is 29.6 Å². The van der Waals surface area contributed by atoms with Gasteiger partial charge in [0.15, 0.2) is 0 Å². The summed E-state index contributed by atoms with van der Waals surface area (Å²) in [5.74, 6) is -1.57. The Morgan fingerprint density at radius 1 is 1.43 bits per heavy atom. The number of carboxylic acid groups (broad SMARTS) is 1. The zero-order valence-electron chi connectivity index (χ0n) is 11.0. The van der Waals surface area contributed by atoms with E-state index in [1.54, 1.807) is 0 Å². The number of rotatable bonds is 6. The van der Waals surface area contributed by atoms with Gasteiger partial charge in [-0.3, -0.25) is 19.7 Å². The Labute approximate surface area is 125 Å². The normalized spacial score (nSPS) is 13.8. The maximum absolute atomic E-state index is 12.5. The lowest BCUT2D eigenvalue weighted by atomic mass is 10.1. The lowest BCUT2D eigenvalue weighted by Gasteiger charge is -2.21. The van der Waals surface area contributed by atoms with Gasteiger partial charge < -0.3 is 10.0 Å². The summed E-state index contributed by atoms with van der Waals surface area (Å²) < 4.78 is 0. The number of carboxylic acids is 1. The highest BCUT2D eigenvalue weighted by atomic mass is 35.5. The molecule has 0 saturated heterocycles. The minimum Gasteiger partial charge on any atom is -0.481 e. The number of nitro benzene ring substituents is 1. The summed E-state index contributed by atoms with van der Waals surface area (Å²) in [5, 5.41) is 19.7. The molecule has 0 spiro atoms. The Balaban J connectivity index is 2.30. The highest BCUT2D eigenvalue weighted by molar-refractivity contribution is 6.33. The third-order valence-corrected chi connectivity index (χ3v) is 3.52. The van der Waals surface area contributed by atoms with Gasteiger partial charge in [0.25, 0.3) is 5.91 Å². The molecule has 0 radical (unpaired) electrons. The molecule has 0 unspecified atom stereocenters. The highest BCUT2D eigenvalue weighted by Crippen LogP contribution is 2.33. The number of hydrogen-bond donors (Lipinski definition) is 1. The van der Waals surface area contributed by atoms with E-state index in [2.05, 4.69) is 0 Å². The average Bonchev–Trinajstić information content (AvgIpc) is 3.22. The summed E-state index contributed by atoms with van der Waals surface area (Å²) in [6.45, 7) is 0.0303. The van der Waals surface area contributed by atoms with E-state index in [1.807, 2.05) is 0 Å². The Morgan fingerprint density at radius 3 is 2.62 bits per heavy atom. The van der Waals surface area contributed by atoms with Crippen LogP contribution in [0.5, 0.6) is 0 Å². The first-order valence-corrected chi connectivity index (χ1v) is 6.75. The van der Waals surface area contributed by atoms with E-state index in [0.717, 1.165) is 12.8 Å². The number of amides is 1. The van der Waals surface area contributed by atoms with Crippen LogP contribution in [0.25, 0.3) is 0 Å². The van der Waals surface area contributed by atoms with Gasteiger partial charge in [-0.15, -0.1) is 0 Å². The van der Waals surface area contributed by atoms with E-state index in [-0.39, 0.29) is 29.6 Å². The van der Waals surface area contributed by atoms with Crippen molar-refractivity contribution in [3.63, 3.8) is 0 Å². The molecule has 7 nitrogen and oxygen atoms in total. The van der Waals surface area contributed by atoms with E-state index in [9.17, 15) is 19.7 Å². The van der Waals surface area contributed by atoms with Crippen LogP contribution in [-0.4, -0.2) is 39.4 Å². The molecule has 21 heavy (non-hydrogen) atoms. The van der Waals surface area contributed by atoms with Gasteiger partial charge in [-0.25, -0.2) is 0 Å². The van der Waals surface area contributed by atoms with Crippen LogP contribution in [0.15, 0.2) is 18.2 Å². The highest BCUT2D eigenvalue weighted by Gasteiger charge is 2.36. The number of aliphatic carboxylic acids is 1. The van der Waals surface area contributed by atoms with Gasteiger partial charge in [0.05, 0.1) is 11.3 Å². The first-order valence-electron chi connectivity index (χ1n) is 6.37. The fraction of sp³-hybridized carbons (Fsp3) is 0.385. The SMILES string of the molecule is O=C(O)CCN(C(=O)c1cccc(Cl)c1[N+](=O)[O-])C1CC1. The molecule has 1 fully saturated rings. The maximum atomic E-state index is 12.5. The molecule has 0 atom stereocenters. The van der Waals surface area contributed by atoms with Gasteiger partial charge >= 0.3 is 11.7 Å². The molecule has 0 bridgehead atoms. The zero-order valence-corrected chi connectivity index (χ0v) is 11.7. The number of para-hydroxylation sites is 1. The molecule has 1 amide bonds. The molecule has 2 rings (SSSR count). The van der Waals surface area contributed by atoms with Gasteiger partial charge in [0, 0.05) is 12.6 Å². The molecule has 0 aromatic heterocycles. The van der Waals surface area contributed by atoms with Crippen LogP contribution in [0.3, 0.4) is 0 Å². The Bertz CT molecular complexity index is 600. The van der Waals surface area contributed by atoms with Crippen LogP contribution in [0.4, 0.5) is 5.69 Å². The van der Waals surface area contributed by atoms with Crippen molar-refractivity contribution in [2.45, 2.75) is 25.3 Å². The van der Waals surface area contributed by atoms with Crippen LogP contribution in [0, 0.1) is 10.1 Å². The second-order valence-electron chi connectivity index (χ2n) is 4.77. The predicted octanol–water partition coefficient (Wildman–Crippen LogP) is 2.33. The molecule has 1 aliphatic rings. The monoisotopic (exact) mass is 312 g/mol. The van der Waals surface area contributed by atoms with Gasteiger partial charge in [0.2, 0.25) is 0 Å². The summed E-state index contributed by atoms with van der Waals surface area (Å²) in [6, 6.07) is 4.10. The van der Waals surface area contributed by atoms with Crippen molar-refractivity contribution in [2.75, 3.05) is 6.54 Å². The Kier molecular flexibility index (Phi) is 4.42. The number of benzene rings is 1. The van der Waals surface area contributed by atoms with E-state index in [4.69, 9.17) is 16.7 Å². The maximum Gasteiger partial charge on any atom is 0.305 e. The minimum absolute atomic E-state index is 0.0303. The summed E-state index contributed by atoms with van der Waals surface area (Å²) >= 11 is 5.79. The van der Waals surface area contributed by atoms with Crippen LogP contribution < -0.4 is 0 Å². The summed E-state index contributed by atoms with van der Waals surface area (Å²) in [6.07, 6.45) is 1.36. The predicted molar refractivity (Wildman–Crippen MR) is 74.4 cm³/mol. The van der Waals surface area contributed by atoms with Crippen molar-refractivity contribution in [1.29, 1.82) is 0 Å². The molecule has 1 aromatic carbocycles. The van der Waals surface area contributed by atoms with E-state index in [0.29, 0.717) is 0 Å². The average molecular weight is 313 g/mol. The molecule has 1 aliphatic carbocycles. The number of carbonyl (C=O) groups excluding carboxylic acids is 1. The van der Waals surface area contributed by atoms with Crippen molar-refractivity contribution in [3.05, 3.63) is 38.9 Å². The van der Waals surface area contributed by atoms with E-state index in [1.165, 1.54) is 23.1 Å². The minimum atomic E-state index is -1.02. The van der Waals surface area contributed by atoms with Crippen molar-refractivity contribution < 1.29 is 19.6 Å². The van der Waals surface area contributed by atoms with Crippen molar-refractivity contribution >= 4 is 29.2 Å². The largest absolute Gasteiger partial charge is 0.481 e. The Hall–Kier alpha value is -2.15. The Morgan fingerprint density at radius 2 is 2.10 bits per heavy atom. The fourth-order valence-electron chi connectivity index (χ4n) is 2.08. The second-order valence-corrected chi connectivity index (χ2v) is 5.17. The first-order chi connectivity index (χ1) is 9.91. The molecular formula is C13H13ClN2O5. The first kappa shape index (κ1) is 15.2. The standard InChI is InChI=1S/C13H13ClN2O5/c14-10-3-1-2-9(12(10)16(20)21)13(19)15(8-4-5-8)7-6-11(17)18/h1-3,8H,4-7H2,(H,17,18). The van der Waals surface area contributed by atoms with Gasteiger partial charge in [-0.2, -0.15) is 0 Å². The molecule has 1 N–H and O–H groups in total. The van der Waals surface area contributed by atoms with Crippen molar-refractivity contribution in [1.82, 2.24) is 4.90 Å². The molecule has 8 heteroatoms. The lowest BCUT2D eigenvalue weighted by Crippen LogP contribution is -2.35. The van der Waals surface area contributed by atoms with E-state index < -0.39 is 22.5 Å². The van der Waals surface area contributed by atoms with Crippen LogP contribution in [-0.2, 0) is 4.79 Å². The van der Waals surface area contributed by atoms with Crippen LogP contribution >= 0.6 is 11.6 Å². The third kappa shape index (κ3) is 3.49.